The number of rotatable bonds is 7. The van der Waals surface area contributed by atoms with Crippen LogP contribution in [0.15, 0.2) is 42.7 Å². The minimum absolute atomic E-state index is 0.0296. The van der Waals surface area contributed by atoms with E-state index in [1.54, 1.807) is 6.92 Å². The van der Waals surface area contributed by atoms with Gasteiger partial charge in [0, 0.05) is 18.7 Å². The molecule has 0 unspecified atom stereocenters. The number of aromatic nitrogens is 6. The van der Waals surface area contributed by atoms with Crippen molar-refractivity contribution in [3.05, 3.63) is 59.9 Å². The average molecular weight is 465 g/mol. The van der Waals surface area contributed by atoms with Crippen LogP contribution in [0, 0.1) is 12.7 Å². The number of halogens is 5. The second-order valence-corrected chi connectivity index (χ2v) is 6.84. The van der Waals surface area contributed by atoms with E-state index in [-0.39, 0.29) is 34.6 Å². The van der Waals surface area contributed by atoms with Gasteiger partial charge in [0.2, 0.25) is 0 Å². The Balaban J connectivity index is 1.73. The molecule has 0 amide bonds. The number of hydrogen-bond acceptors (Lipinski definition) is 6. The smallest absolute Gasteiger partial charge is 0.387 e. The number of alkyl halides is 4. The summed E-state index contributed by atoms with van der Waals surface area (Å²) in [5.74, 6) is -0.825. The highest BCUT2D eigenvalue weighted by Crippen LogP contribution is 2.38. The molecule has 0 bridgehead atoms. The minimum atomic E-state index is -3.17. The van der Waals surface area contributed by atoms with Crippen LogP contribution in [-0.2, 0) is 7.05 Å². The Bertz CT molecular complexity index is 1270. The van der Waals surface area contributed by atoms with Crippen molar-refractivity contribution in [1.82, 2.24) is 29.5 Å². The lowest BCUT2D eigenvalue weighted by molar-refractivity contribution is -0.0490. The molecule has 0 saturated heterocycles. The zero-order valence-corrected chi connectivity index (χ0v) is 17.2. The topological polar surface area (TPSA) is 82.7 Å². The molecule has 1 N–H and O–H groups in total. The Hall–Kier alpha value is -4.03. The number of anilines is 2. The largest absolute Gasteiger partial charge is 0.428 e. The van der Waals surface area contributed by atoms with Gasteiger partial charge in [-0.2, -0.15) is 19.0 Å². The quantitative estimate of drug-likeness (QED) is 0.395. The Morgan fingerprint density at radius 2 is 1.73 bits per heavy atom. The van der Waals surface area contributed by atoms with Gasteiger partial charge in [0.25, 0.3) is 6.43 Å². The molecule has 1 aromatic carbocycles. The first kappa shape index (κ1) is 22.2. The van der Waals surface area contributed by atoms with E-state index in [4.69, 9.17) is 0 Å². The Labute approximate surface area is 183 Å². The first-order chi connectivity index (χ1) is 15.7. The van der Waals surface area contributed by atoms with Gasteiger partial charge >= 0.3 is 6.61 Å². The zero-order valence-electron chi connectivity index (χ0n) is 17.2. The molecule has 0 fully saturated rings. The number of ether oxygens (including phenoxy) is 1. The highest BCUT2D eigenvalue weighted by Gasteiger charge is 2.24. The fourth-order valence-corrected chi connectivity index (χ4v) is 3.22. The molecule has 13 heteroatoms. The molecule has 0 aliphatic rings. The summed E-state index contributed by atoms with van der Waals surface area (Å²) < 4.78 is 73.2. The molecule has 3 heterocycles. The van der Waals surface area contributed by atoms with Gasteiger partial charge in [0.05, 0.1) is 5.69 Å². The van der Waals surface area contributed by atoms with Crippen LogP contribution in [0.1, 0.15) is 17.8 Å². The lowest BCUT2D eigenvalue weighted by atomic mass is 10.1. The van der Waals surface area contributed by atoms with Crippen LogP contribution in [-0.4, -0.2) is 36.1 Å². The lowest BCUT2D eigenvalue weighted by Gasteiger charge is -2.10. The normalized spacial score (nSPS) is 11.4. The van der Waals surface area contributed by atoms with Crippen molar-refractivity contribution >= 4 is 11.6 Å². The second-order valence-electron chi connectivity index (χ2n) is 6.84. The summed E-state index contributed by atoms with van der Waals surface area (Å²) in [5.41, 5.74) is 0.539. The van der Waals surface area contributed by atoms with E-state index < -0.39 is 18.9 Å². The summed E-state index contributed by atoms with van der Waals surface area (Å²) in [5, 5.41) is 10.9. The van der Waals surface area contributed by atoms with Gasteiger partial charge in [0.1, 0.15) is 29.4 Å². The van der Waals surface area contributed by atoms with Crippen molar-refractivity contribution in [2.75, 3.05) is 5.32 Å². The first-order valence-electron chi connectivity index (χ1n) is 9.45. The van der Waals surface area contributed by atoms with Gasteiger partial charge in [-0.3, -0.25) is 4.68 Å². The third-order valence-electron chi connectivity index (χ3n) is 4.53. The van der Waals surface area contributed by atoms with E-state index in [1.807, 2.05) is 0 Å². The summed E-state index contributed by atoms with van der Waals surface area (Å²) in [6, 6.07) is 7.65. The molecule has 0 aliphatic heterocycles. The molecule has 172 valence electrons. The molecule has 4 aromatic rings. The van der Waals surface area contributed by atoms with Crippen molar-refractivity contribution < 1.29 is 26.7 Å². The first-order valence-corrected chi connectivity index (χ1v) is 9.45. The van der Waals surface area contributed by atoms with Crippen molar-refractivity contribution in [2.45, 2.75) is 20.0 Å². The fraction of sp³-hybridized carbons (Fsp3) is 0.200. The highest BCUT2D eigenvalue weighted by atomic mass is 19.3. The highest BCUT2D eigenvalue weighted by molar-refractivity contribution is 5.76. The van der Waals surface area contributed by atoms with E-state index >= 15 is 0 Å². The third-order valence-corrected chi connectivity index (χ3v) is 4.53. The third kappa shape index (κ3) is 4.61. The van der Waals surface area contributed by atoms with Gasteiger partial charge in [-0.15, -0.1) is 0 Å². The standard InChI is InChI=1S/C20H16F5N7O/c1-10-7-13(18(22)23)32(29-10)15-8-14(26-9-27-15)28-19-17(33-20(24)25)16(31(2)30-19)11-3-5-12(21)6-4-11/h3-9,18,20H,1-2H3,(H,26,27,28,30). The van der Waals surface area contributed by atoms with Crippen molar-refractivity contribution in [3.8, 4) is 22.8 Å². The summed E-state index contributed by atoms with van der Waals surface area (Å²) >= 11 is 0. The summed E-state index contributed by atoms with van der Waals surface area (Å²) in [7, 11) is 1.50. The molecule has 0 radical (unpaired) electrons. The van der Waals surface area contributed by atoms with Crippen LogP contribution in [0.5, 0.6) is 5.75 Å². The van der Waals surface area contributed by atoms with E-state index in [0.717, 1.165) is 11.0 Å². The molecule has 0 spiro atoms. The van der Waals surface area contributed by atoms with E-state index in [0.29, 0.717) is 11.3 Å². The van der Waals surface area contributed by atoms with Crippen LogP contribution in [0.3, 0.4) is 0 Å². The van der Waals surface area contributed by atoms with Crippen LogP contribution in [0.4, 0.5) is 33.6 Å². The number of aryl methyl sites for hydroxylation is 2. The monoisotopic (exact) mass is 465 g/mol. The zero-order chi connectivity index (χ0) is 23.7. The SMILES string of the molecule is Cc1cc(C(F)F)n(-c2cc(Nc3nn(C)c(-c4ccc(F)cc4)c3OC(F)F)ncn2)n1. The maximum absolute atomic E-state index is 13.3. The average Bonchev–Trinajstić information content (AvgIpc) is 3.29. The summed E-state index contributed by atoms with van der Waals surface area (Å²) in [6.45, 7) is -1.61. The molecule has 33 heavy (non-hydrogen) atoms. The molecule has 0 saturated carbocycles. The number of benzene rings is 1. The molecule has 0 aliphatic carbocycles. The van der Waals surface area contributed by atoms with Crippen molar-refractivity contribution in [3.63, 3.8) is 0 Å². The number of nitrogens with zero attached hydrogens (tertiary/aromatic N) is 6. The van der Waals surface area contributed by atoms with Crippen LogP contribution < -0.4 is 10.1 Å². The van der Waals surface area contributed by atoms with Gasteiger partial charge in [-0.1, -0.05) is 0 Å². The van der Waals surface area contributed by atoms with Gasteiger partial charge in [0.15, 0.2) is 17.4 Å². The maximum Gasteiger partial charge on any atom is 0.387 e. The molecular weight excluding hydrogens is 449 g/mol. The van der Waals surface area contributed by atoms with E-state index in [2.05, 4.69) is 30.2 Å². The van der Waals surface area contributed by atoms with E-state index in [1.165, 1.54) is 48.1 Å². The second kappa shape index (κ2) is 8.84. The van der Waals surface area contributed by atoms with Gasteiger partial charge < -0.3 is 10.1 Å². The van der Waals surface area contributed by atoms with Crippen molar-refractivity contribution in [2.24, 2.45) is 7.05 Å². The predicted octanol–water partition coefficient (Wildman–Crippen LogP) is 4.79. The van der Waals surface area contributed by atoms with Crippen LogP contribution >= 0.6 is 0 Å². The number of nitrogens with one attached hydrogen (secondary N) is 1. The Morgan fingerprint density at radius 3 is 2.39 bits per heavy atom. The molecule has 4 rings (SSSR count). The number of hydrogen-bond donors (Lipinski definition) is 1. The predicted molar refractivity (Wildman–Crippen MR) is 107 cm³/mol. The molecule has 8 nitrogen and oxygen atoms in total. The van der Waals surface area contributed by atoms with Crippen LogP contribution in [0.2, 0.25) is 0 Å². The maximum atomic E-state index is 13.3. The molecule has 3 aromatic heterocycles. The van der Waals surface area contributed by atoms with E-state index in [9.17, 15) is 22.0 Å². The van der Waals surface area contributed by atoms with Gasteiger partial charge in [-0.05, 0) is 37.3 Å². The molecular formula is C20H16F5N7O. The minimum Gasteiger partial charge on any atom is -0.428 e. The fourth-order valence-electron chi connectivity index (χ4n) is 3.22. The lowest BCUT2D eigenvalue weighted by Crippen LogP contribution is -2.07. The summed E-state index contributed by atoms with van der Waals surface area (Å²) in [6.07, 6.45) is -1.70. The Kier molecular flexibility index (Phi) is 5.94. The summed E-state index contributed by atoms with van der Waals surface area (Å²) in [4.78, 5) is 7.95. The Morgan fingerprint density at radius 1 is 1.00 bits per heavy atom. The van der Waals surface area contributed by atoms with Crippen molar-refractivity contribution in [1.29, 1.82) is 0 Å². The molecule has 0 atom stereocenters. The van der Waals surface area contributed by atoms with Crippen LogP contribution in [0.25, 0.3) is 17.1 Å². The van der Waals surface area contributed by atoms with Gasteiger partial charge in [-0.25, -0.2) is 27.8 Å².